The average Bonchev–Trinajstić information content (AvgIpc) is 2.72. The van der Waals surface area contributed by atoms with Gasteiger partial charge in [0.1, 0.15) is 0 Å². The molecule has 0 aliphatic carbocycles. The lowest BCUT2D eigenvalue weighted by atomic mass is 10.6. The molecule has 0 aromatic carbocycles. The lowest BCUT2D eigenvalue weighted by molar-refractivity contribution is -0.404. The predicted octanol–water partition coefficient (Wildman–Crippen LogP) is 0.843. The van der Waals surface area contributed by atoms with Crippen molar-refractivity contribution < 1.29 is 4.92 Å². The third-order valence-electron chi connectivity index (χ3n) is 1.89. The molecule has 0 spiro atoms. The van der Waals surface area contributed by atoms with Crippen LogP contribution in [0.5, 0.6) is 0 Å². The highest BCUT2D eigenvalue weighted by Crippen LogP contribution is 2.16. The first-order valence-electron chi connectivity index (χ1n) is 5.16. The van der Waals surface area contributed by atoms with E-state index in [1.807, 2.05) is 5.38 Å². The number of thioether (sulfide) groups is 1. The lowest BCUT2D eigenvalue weighted by Gasteiger charge is -2.06. The molecule has 0 unspecified atom stereocenters. The summed E-state index contributed by atoms with van der Waals surface area (Å²) in [5, 5.41) is 18.4. The largest absolute Gasteiger partial charge is 0.375 e. The highest BCUT2D eigenvalue weighted by Gasteiger charge is 2.01. The second kappa shape index (κ2) is 7.77. The van der Waals surface area contributed by atoms with Gasteiger partial charge in [-0.3, -0.25) is 10.1 Å². The van der Waals surface area contributed by atoms with Gasteiger partial charge in [-0.2, -0.15) is 11.8 Å². The molecule has 1 rings (SSSR count). The summed E-state index contributed by atoms with van der Waals surface area (Å²) in [6, 6.07) is 0. The Bertz CT molecular complexity index is 421. The summed E-state index contributed by atoms with van der Waals surface area (Å²) in [7, 11) is 1.63. The number of rotatable bonds is 8. The Balaban J connectivity index is 2.16. The van der Waals surface area contributed by atoms with E-state index in [0.717, 1.165) is 23.4 Å². The smallest absolute Gasteiger partial charge is 0.274 e. The maximum Gasteiger partial charge on any atom is 0.274 e. The van der Waals surface area contributed by atoms with E-state index in [2.05, 4.69) is 15.6 Å². The van der Waals surface area contributed by atoms with E-state index in [1.165, 1.54) is 11.3 Å². The number of nitro groups is 1. The minimum Gasteiger partial charge on any atom is -0.375 e. The summed E-state index contributed by atoms with van der Waals surface area (Å²) in [4.78, 5) is 13.9. The van der Waals surface area contributed by atoms with E-state index in [9.17, 15) is 10.1 Å². The van der Waals surface area contributed by atoms with Gasteiger partial charge < -0.3 is 16.4 Å². The Hall–Kier alpha value is -1.48. The van der Waals surface area contributed by atoms with Crippen molar-refractivity contribution in [3.05, 3.63) is 33.2 Å². The van der Waals surface area contributed by atoms with Gasteiger partial charge in [-0.15, -0.1) is 11.3 Å². The number of nitrogen functional groups attached to an aromatic ring is 1. The van der Waals surface area contributed by atoms with Crippen molar-refractivity contribution in [3.8, 4) is 0 Å². The van der Waals surface area contributed by atoms with Gasteiger partial charge in [-0.05, 0) is 0 Å². The van der Waals surface area contributed by atoms with Gasteiger partial charge in [0.2, 0.25) is 0 Å². The fourth-order valence-corrected chi connectivity index (χ4v) is 2.54. The van der Waals surface area contributed by atoms with E-state index >= 15 is 0 Å². The van der Waals surface area contributed by atoms with Gasteiger partial charge in [-0.25, -0.2) is 4.98 Å². The van der Waals surface area contributed by atoms with E-state index in [4.69, 9.17) is 5.73 Å². The van der Waals surface area contributed by atoms with E-state index in [0.29, 0.717) is 17.5 Å². The molecule has 1 aromatic rings. The van der Waals surface area contributed by atoms with Gasteiger partial charge >= 0.3 is 0 Å². The molecule has 0 fully saturated rings. The number of nitrogens with zero attached hydrogens (tertiary/aromatic N) is 2. The van der Waals surface area contributed by atoms with Crippen LogP contribution in [0.3, 0.4) is 0 Å². The van der Waals surface area contributed by atoms with Gasteiger partial charge in [0.25, 0.3) is 6.20 Å². The van der Waals surface area contributed by atoms with Gasteiger partial charge in [0.05, 0.1) is 10.6 Å². The van der Waals surface area contributed by atoms with Gasteiger partial charge in [-0.1, -0.05) is 0 Å². The third kappa shape index (κ3) is 5.73. The summed E-state index contributed by atoms with van der Waals surface area (Å²) in [5.41, 5.74) is 6.49. The third-order valence-corrected chi connectivity index (χ3v) is 3.60. The van der Waals surface area contributed by atoms with Crippen LogP contribution < -0.4 is 16.4 Å². The second-order valence-corrected chi connectivity index (χ2v) is 5.23. The summed E-state index contributed by atoms with van der Waals surface area (Å²) in [5.74, 6) is 2.02. The zero-order valence-corrected chi connectivity index (χ0v) is 11.5. The Labute approximate surface area is 113 Å². The lowest BCUT2D eigenvalue weighted by Crippen LogP contribution is -2.26. The van der Waals surface area contributed by atoms with Gasteiger partial charge in [0, 0.05) is 30.5 Å². The molecule has 0 amide bonds. The van der Waals surface area contributed by atoms with Crippen LogP contribution in [0, 0.1) is 10.1 Å². The molecular formula is C9H15N5O2S2. The first-order chi connectivity index (χ1) is 8.61. The molecule has 4 N–H and O–H groups in total. The molecule has 0 saturated carbocycles. The zero-order valence-electron chi connectivity index (χ0n) is 9.88. The molecule has 9 heteroatoms. The van der Waals surface area contributed by atoms with Crippen molar-refractivity contribution >= 4 is 28.2 Å². The maximum absolute atomic E-state index is 10.3. The topological polar surface area (TPSA) is 106 Å². The first kappa shape index (κ1) is 14.6. The summed E-state index contributed by atoms with van der Waals surface area (Å²) in [6.07, 6.45) is 0.909. The summed E-state index contributed by atoms with van der Waals surface area (Å²) >= 11 is 3.12. The van der Waals surface area contributed by atoms with E-state index < -0.39 is 4.92 Å². The molecule has 18 heavy (non-hydrogen) atoms. The minimum atomic E-state index is -0.496. The van der Waals surface area contributed by atoms with Crippen LogP contribution in [0.1, 0.15) is 5.69 Å². The molecule has 1 aromatic heterocycles. The van der Waals surface area contributed by atoms with Crippen molar-refractivity contribution in [1.29, 1.82) is 0 Å². The summed E-state index contributed by atoms with van der Waals surface area (Å²) < 4.78 is 0. The SMILES string of the molecule is CNC(=C[N+](=O)[O-])NCCSCc1csc(N)n1. The number of thiazole rings is 1. The number of nitrogens with two attached hydrogens (primary N) is 1. The Morgan fingerprint density at radius 1 is 1.78 bits per heavy atom. The second-order valence-electron chi connectivity index (χ2n) is 3.23. The van der Waals surface area contributed by atoms with Crippen LogP contribution in [-0.2, 0) is 5.75 Å². The average molecular weight is 289 g/mol. The fourth-order valence-electron chi connectivity index (χ4n) is 1.13. The quantitative estimate of drug-likeness (QED) is 0.370. The highest BCUT2D eigenvalue weighted by molar-refractivity contribution is 7.98. The van der Waals surface area contributed by atoms with Crippen LogP contribution in [0.15, 0.2) is 17.4 Å². The van der Waals surface area contributed by atoms with Crippen molar-refractivity contribution in [2.75, 3.05) is 25.1 Å². The Kier molecular flexibility index (Phi) is 6.29. The number of anilines is 1. The van der Waals surface area contributed by atoms with Crippen molar-refractivity contribution in [1.82, 2.24) is 15.6 Å². The molecule has 0 saturated heterocycles. The number of hydrogen-bond acceptors (Lipinski definition) is 8. The van der Waals surface area contributed by atoms with Crippen LogP contribution >= 0.6 is 23.1 Å². The highest BCUT2D eigenvalue weighted by atomic mass is 32.2. The van der Waals surface area contributed by atoms with Crippen LogP contribution in [0.25, 0.3) is 0 Å². The van der Waals surface area contributed by atoms with Crippen molar-refractivity contribution in [2.24, 2.45) is 0 Å². The molecule has 0 radical (unpaired) electrons. The number of aromatic nitrogens is 1. The monoisotopic (exact) mass is 289 g/mol. The first-order valence-corrected chi connectivity index (χ1v) is 7.20. The molecule has 0 bridgehead atoms. The molecule has 0 aliphatic heterocycles. The number of nitrogens with one attached hydrogen (secondary N) is 2. The molecule has 0 atom stereocenters. The standard InChI is InChI=1S/C9H15N5O2S2/c1-11-8(4-14(15)16)12-2-3-17-5-7-6-18-9(10)13-7/h4,6,11-12H,2-3,5H2,1H3,(H2,10,13). The van der Waals surface area contributed by atoms with Crippen LogP contribution in [-0.4, -0.2) is 29.3 Å². The normalized spacial score (nSPS) is 11.3. The van der Waals surface area contributed by atoms with E-state index in [1.54, 1.807) is 18.8 Å². The van der Waals surface area contributed by atoms with Gasteiger partial charge in [0.15, 0.2) is 11.0 Å². The fraction of sp³-hybridized carbons (Fsp3) is 0.444. The Morgan fingerprint density at radius 2 is 2.56 bits per heavy atom. The number of hydrogen-bond donors (Lipinski definition) is 3. The minimum absolute atomic E-state index is 0.401. The maximum atomic E-state index is 10.3. The van der Waals surface area contributed by atoms with Crippen molar-refractivity contribution in [3.63, 3.8) is 0 Å². The molecular weight excluding hydrogens is 274 g/mol. The molecule has 100 valence electrons. The zero-order chi connectivity index (χ0) is 13.4. The van der Waals surface area contributed by atoms with E-state index in [-0.39, 0.29) is 0 Å². The molecule has 1 heterocycles. The molecule has 0 aliphatic rings. The molecule has 7 nitrogen and oxygen atoms in total. The van der Waals surface area contributed by atoms with Crippen molar-refractivity contribution in [2.45, 2.75) is 5.75 Å². The predicted molar refractivity (Wildman–Crippen MR) is 74.8 cm³/mol. The van der Waals surface area contributed by atoms with Crippen LogP contribution in [0.2, 0.25) is 0 Å². The Morgan fingerprint density at radius 3 is 3.11 bits per heavy atom. The summed E-state index contributed by atoms with van der Waals surface area (Å²) in [6.45, 7) is 0.644. The van der Waals surface area contributed by atoms with Crippen LogP contribution in [0.4, 0.5) is 5.13 Å².